The molecule has 0 aromatic carbocycles. The third-order valence-electron chi connectivity index (χ3n) is 2.21. The standard InChI is InChI=1S/C11H17BrN4O2/c1-16(7-10(17)14-3-4-18-2)11-9(12)5-8(13)6-15-11/h5-6H,3-4,7,13H2,1-2H3,(H,14,17). The van der Waals surface area contributed by atoms with Gasteiger partial charge in [0.2, 0.25) is 5.91 Å². The Kier molecular flexibility index (Phi) is 5.87. The van der Waals surface area contributed by atoms with E-state index in [1.165, 1.54) is 0 Å². The highest BCUT2D eigenvalue weighted by Crippen LogP contribution is 2.24. The normalized spacial score (nSPS) is 10.2. The van der Waals surface area contributed by atoms with Crippen LogP contribution in [-0.4, -0.2) is 44.7 Å². The van der Waals surface area contributed by atoms with Gasteiger partial charge in [-0.15, -0.1) is 0 Å². The van der Waals surface area contributed by atoms with Crippen LogP contribution in [0.25, 0.3) is 0 Å². The zero-order chi connectivity index (χ0) is 13.5. The molecule has 7 heteroatoms. The monoisotopic (exact) mass is 316 g/mol. The molecule has 0 aliphatic carbocycles. The van der Waals surface area contributed by atoms with Crippen LogP contribution in [0, 0.1) is 0 Å². The zero-order valence-corrected chi connectivity index (χ0v) is 12.0. The van der Waals surface area contributed by atoms with Gasteiger partial charge in [0.25, 0.3) is 0 Å². The van der Waals surface area contributed by atoms with Crippen molar-refractivity contribution in [3.05, 3.63) is 16.7 Å². The van der Waals surface area contributed by atoms with Gasteiger partial charge in [0.15, 0.2) is 0 Å². The minimum absolute atomic E-state index is 0.0833. The molecule has 0 saturated carbocycles. The highest BCUT2D eigenvalue weighted by Gasteiger charge is 2.11. The van der Waals surface area contributed by atoms with Crippen LogP contribution < -0.4 is 16.0 Å². The van der Waals surface area contributed by atoms with Crippen LogP contribution in [-0.2, 0) is 9.53 Å². The second-order valence-corrected chi connectivity index (χ2v) is 4.63. The molecule has 0 bridgehead atoms. The van der Waals surface area contributed by atoms with E-state index in [-0.39, 0.29) is 12.5 Å². The Morgan fingerprint density at radius 2 is 2.39 bits per heavy atom. The highest BCUT2D eigenvalue weighted by molar-refractivity contribution is 9.10. The van der Waals surface area contributed by atoms with Crippen molar-refractivity contribution in [3.63, 3.8) is 0 Å². The van der Waals surface area contributed by atoms with E-state index < -0.39 is 0 Å². The molecule has 0 fully saturated rings. The Morgan fingerprint density at radius 3 is 3.00 bits per heavy atom. The molecule has 0 aliphatic rings. The average molecular weight is 317 g/mol. The molecule has 0 unspecified atom stereocenters. The fraction of sp³-hybridized carbons (Fsp3) is 0.455. The van der Waals surface area contributed by atoms with E-state index in [2.05, 4.69) is 26.2 Å². The molecule has 1 amide bonds. The molecular weight excluding hydrogens is 300 g/mol. The Morgan fingerprint density at radius 1 is 1.67 bits per heavy atom. The van der Waals surface area contributed by atoms with Crippen molar-refractivity contribution in [3.8, 4) is 0 Å². The van der Waals surface area contributed by atoms with Gasteiger partial charge in [-0.1, -0.05) is 0 Å². The largest absolute Gasteiger partial charge is 0.397 e. The molecule has 0 saturated heterocycles. The van der Waals surface area contributed by atoms with E-state index in [9.17, 15) is 4.79 Å². The summed E-state index contributed by atoms with van der Waals surface area (Å²) in [6, 6.07) is 1.75. The van der Waals surface area contributed by atoms with Crippen LogP contribution in [0.1, 0.15) is 0 Å². The Hall–Kier alpha value is -1.34. The lowest BCUT2D eigenvalue weighted by Crippen LogP contribution is -2.37. The van der Waals surface area contributed by atoms with Gasteiger partial charge in [-0.3, -0.25) is 4.79 Å². The number of ether oxygens (including phenoxy) is 1. The zero-order valence-electron chi connectivity index (χ0n) is 10.4. The number of nitrogens with two attached hydrogens (primary N) is 1. The van der Waals surface area contributed by atoms with Gasteiger partial charge < -0.3 is 20.7 Å². The number of amides is 1. The summed E-state index contributed by atoms with van der Waals surface area (Å²) in [6.45, 7) is 1.22. The minimum atomic E-state index is -0.0833. The number of methoxy groups -OCH3 is 1. The van der Waals surface area contributed by atoms with Crippen molar-refractivity contribution in [2.45, 2.75) is 0 Å². The van der Waals surface area contributed by atoms with Gasteiger partial charge in [0.1, 0.15) is 5.82 Å². The van der Waals surface area contributed by atoms with Crippen molar-refractivity contribution >= 4 is 33.3 Å². The second-order valence-electron chi connectivity index (χ2n) is 3.77. The summed E-state index contributed by atoms with van der Waals surface area (Å²) in [5, 5.41) is 2.74. The first-order chi connectivity index (χ1) is 8.54. The number of halogens is 1. The van der Waals surface area contributed by atoms with E-state index >= 15 is 0 Å². The molecule has 0 atom stereocenters. The van der Waals surface area contributed by atoms with Crippen molar-refractivity contribution in [1.29, 1.82) is 0 Å². The second kappa shape index (κ2) is 7.17. The smallest absolute Gasteiger partial charge is 0.239 e. The summed E-state index contributed by atoms with van der Waals surface area (Å²) in [5.41, 5.74) is 6.18. The molecule has 0 spiro atoms. The van der Waals surface area contributed by atoms with Crippen molar-refractivity contribution in [1.82, 2.24) is 10.3 Å². The molecule has 1 aromatic heterocycles. The van der Waals surface area contributed by atoms with Gasteiger partial charge in [-0.25, -0.2) is 4.98 Å². The molecule has 3 N–H and O–H groups in total. The first-order valence-electron chi connectivity index (χ1n) is 5.42. The number of rotatable bonds is 6. The maximum atomic E-state index is 11.6. The maximum Gasteiger partial charge on any atom is 0.239 e. The van der Waals surface area contributed by atoms with E-state index in [0.717, 1.165) is 4.47 Å². The van der Waals surface area contributed by atoms with E-state index in [1.54, 1.807) is 31.3 Å². The quantitative estimate of drug-likeness (QED) is 0.752. The fourth-order valence-electron chi connectivity index (χ4n) is 1.37. The number of nitrogens with one attached hydrogen (secondary N) is 1. The number of carbonyl (C=O) groups excluding carboxylic acids is 1. The van der Waals surface area contributed by atoms with Crippen molar-refractivity contribution < 1.29 is 9.53 Å². The number of nitrogen functional groups attached to an aromatic ring is 1. The summed E-state index contributed by atoms with van der Waals surface area (Å²) in [6.07, 6.45) is 1.55. The summed E-state index contributed by atoms with van der Waals surface area (Å²) >= 11 is 3.37. The Labute approximate surface area is 115 Å². The number of aromatic nitrogens is 1. The highest BCUT2D eigenvalue weighted by atomic mass is 79.9. The van der Waals surface area contributed by atoms with Crippen molar-refractivity contribution in [2.24, 2.45) is 0 Å². The van der Waals surface area contributed by atoms with Crippen LogP contribution in [0.5, 0.6) is 0 Å². The molecule has 0 radical (unpaired) electrons. The Bertz CT molecular complexity index is 414. The predicted octanol–water partition coefficient (Wildman–Crippen LogP) is 0.625. The van der Waals surface area contributed by atoms with E-state index in [4.69, 9.17) is 10.5 Å². The van der Waals surface area contributed by atoms with Gasteiger partial charge in [-0.2, -0.15) is 0 Å². The number of anilines is 2. The lowest BCUT2D eigenvalue weighted by Gasteiger charge is -2.19. The molecule has 6 nitrogen and oxygen atoms in total. The fourth-order valence-corrected chi connectivity index (χ4v) is 2.03. The molecule has 18 heavy (non-hydrogen) atoms. The van der Waals surface area contributed by atoms with Gasteiger partial charge in [0, 0.05) is 20.7 Å². The van der Waals surface area contributed by atoms with Crippen LogP contribution in [0.4, 0.5) is 11.5 Å². The molecular formula is C11H17BrN4O2. The maximum absolute atomic E-state index is 11.6. The van der Waals surface area contributed by atoms with E-state index in [0.29, 0.717) is 24.7 Å². The van der Waals surface area contributed by atoms with Gasteiger partial charge in [0.05, 0.1) is 29.5 Å². The number of nitrogens with zero attached hydrogens (tertiary/aromatic N) is 2. The summed E-state index contributed by atoms with van der Waals surface area (Å²) < 4.78 is 5.61. The molecule has 100 valence electrons. The SMILES string of the molecule is COCCNC(=O)CN(C)c1ncc(N)cc1Br. The Balaban J connectivity index is 2.54. The van der Waals surface area contributed by atoms with Crippen LogP contribution in [0.3, 0.4) is 0 Å². The topological polar surface area (TPSA) is 80.5 Å². The summed E-state index contributed by atoms with van der Waals surface area (Å²) in [4.78, 5) is 17.5. The third kappa shape index (κ3) is 4.50. The third-order valence-corrected chi connectivity index (χ3v) is 2.80. The van der Waals surface area contributed by atoms with Crippen LogP contribution in [0.2, 0.25) is 0 Å². The molecule has 1 heterocycles. The summed E-state index contributed by atoms with van der Waals surface area (Å²) in [5.74, 6) is 0.589. The average Bonchev–Trinajstić information content (AvgIpc) is 2.28. The number of carbonyl (C=O) groups is 1. The number of pyridine rings is 1. The van der Waals surface area contributed by atoms with E-state index in [1.807, 2.05) is 0 Å². The lowest BCUT2D eigenvalue weighted by molar-refractivity contribution is -0.119. The molecule has 1 aromatic rings. The van der Waals surface area contributed by atoms with Gasteiger partial charge in [-0.05, 0) is 22.0 Å². The first kappa shape index (κ1) is 14.7. The molecule has 0 aliphatic heterocycles. The minimum Gasteiger partial charge on any atom is -0.397 e. The van der Waals surface area contributed by atoms with Crippen LogP contribution in [0.15, 0.2) is 16.7 Å². The predicted molar refractivity (Wildman–Crippen MR) is 74.5 cm³/mol. The lowest BCUT2D eigenvalue weighted by atomic mass is 10.4. The van der Waals surface area contributed by atoms with Gasteiger partial charge >= 0.3 is 0 Å². The number of hydrogen-bond donors (Lipinski definition) is 2. The first-order valence-corrected chi connectivity index (χ1v) is 6.21. The summed E-state index contributed by atoms with van der Waals surface area (Å²) in [7, 11) is 3.38. The number of hydrogen-bond acceptors (Lipinski definition) is 5. The van der Waals surface area contributed by atoms with Crippen molar-refractivity contribution in [2.75, 3.05) is 44.5 Å². The molecule has 1 rings (SSSR count). The van der Waals surface area contributed by atoms with Crippen LogP contribution >= 0.6 is 15.9 Å². The number of likely N-dealkylation sites (N-methyl/N-ethyl adjacent to an activating group) is 1.